The molecule has 19 heavy (non-hydrogen) atoms. The average molecular weight is 268 g/mol. The Balaban J connectivity index is 1.61. The summed E-state index contributed by atoms with van der Waals surface area (Å²) in [7, 11) is 0. The summed E-state index contributed by atoms with van der Waals surface area (Å²) >= 11 is 0. The van der Waals surface area contributed by atoms with E-state index in [2.05, 4.69) is 10.6 Å². The Morgan fingerprint density at radius 1 is 1.37 bits per heavy atom. The van der Waals surface area contributed by atoms with Gasteiger partial charge < -0.3 is 9.84 Å². The van der Waals surface area contributed by atoms with Gasteiger partial charge in [-0.15, -0.1) is 0 Å². The van der Waals surface area contributed by atoms with E-state index in [4.69, 9.17) is 4.74 Å². The van der Waals surface area contributed by atoms with Gasteiger partial charge in [0, 0.05) is 5.92 Å². The minimum atomic E-state index is -0.787. The maximum absolute atomic E-state index is 12.2. The van der Waals surface area contributed by atoms with Crippen LogP contribution in [0, 0.1) is 11.8 Å². The monoisotopic (exact) mass is 268 g/mol. The van der Waals surface area contributed by atoms with Crippen molar-refractivity contribution in [3.05, 3.63) is 0 Å². The van der Waals surface area contributed by atoms with Crippen LogP contribution in [-0.2, 0) is 9.53 Å². The predicted molar refractivity (Wildman–Crippen MR) is 70.1 cm³/mol. The van der Waals surface area contributed by atoms with Crippen LogP contribution in [0.3, 0.4) is 0 Å². The molecule has 3 atom stereocenters. The minimum Gasteiger partial charge on any atom is -0.462 e. The number of carbonyl (C=O) groups is 1. The Labute approximate surface area is 114 Å². The molecule has 3 N–H and O–H groups in total. The molecule has 3 rings (SSSR count). The number of rotatable bonds is 4. The number of ether oxygens (including phenoxy) is 1. The van der Waals surface area contributed by atoms with Gasteiger partial charge in [-0.2, -0.15) is 0 Å². The summed E-state index contributed by atoms with van der Waals surface area (Å²) in [5, 5.41) is 16.6. The molecule has 2 saturated heterocycles. The van der Waals surface area contributed by atoms with Crippen molar-refractivity contribution in [1.29, 1.82) is 0 Å². The third-order valence-electron chi connectivity index (χ3n) is 4.97. The zero-order valence-corrected chi connectivity index (χ0v) is 11.9. The lowest BCUT2D eigenvalue weighted by molar-refractivity contribution is -0.165. The second kappa shape index (κ2) is 4.17. The number of carbonyl (C=O) groups excluding carboxylic acids is 1. The second-order valence-electron chi connectivity index (χ2n) is 6.83. The fourth-order valence-electron chi connectivity index (χ4n) is 3.38. The van der Waals surface area contributed by atoms with E-state index >= 15 is 0 Å². The number of aliphatic hydroxyl groups is 1. The van der Waals surface area contributed by atoms with Crippen LogP contribution in [0.15, 0.2) is 0 Å². The van der Waals surface area contributed by atoms with E-state index in [1.807, 2.05) is 20.8 Å². The molecule has 0 amide bonds. The summed E-state index contributed by atoms with van der Waals surface area (Å²) in [6.07, 6.45) is 4.14. The molecule has 1 saturated carbocycles. The van der Waals surface area contributed by atoms with Crippen LogP contribution in [0.4, 0.5) is 0 Å². The molecule has 5 nitrogen and oxygen atoms in total. The van der Waals surface area contributed by atoms with Gasteiger partial charge in [-0.1, -0.05) is 6.42 Å². The fraction of sp³-hybridized carbons (Fsp3) is 0.929. The fourth-order valence-corrected chi connectivity index (χ4v) is 3.38. The first-order valence-electron chi connectivity index (χ1n) is 7.33. The van der Waals surface area contributed by atoms with Gasteiger partial charge in [0.1, 0.15) is 11.8 Å². The highest BCUT2D eigenvalue weighted by Crippen LogP contribution is 2.45. The van der Waals surface area contributed by atoms with E-state index < -0.39 is 5.60 Å². The molecule has 2 aliphatic heterocycles. The molecule has 3 unspecified atom stereocenters. The predicted octanol–water partition coefficient (Wildman–Crippen LogP) is 0.724. The molecule has 0 radical (unpaired) electrons. The highest BCUT2D eigenvalue weighted by atomic mass is 16.5. The Hall–Kier alpha value is -0.650. The molecule has 0 aromatic heterocycles. The SMILES string of the molecule is CC(C(=O)OC1CCCCC1C(C)(C)O)C12NC1N2. The molecule has 0 spiro atoms. The quantitative estimate of drug-likeness (QED) is 0.516. The maximum Gasteiger partial charge on any atom is 0.312 e. The Kier molecular flexibility index (Phi) is 2.93. The maximum atomic E-state index is 12.2. The molecular weight excluding hydrogens is 244 g/mol. The molecular formula is C14H24N2O3. The van der Waals surface area contributed by atoms with Crippen molar-refractivity contribution in [2.75, 3.05) is 0 Å². The van der Waals surface area contributed by atoms with Crippen LogP contribution in [0.2, 0.25) is 0 Å². The molecule has 3 fully saturated rings. The van der Waals surface area contributed by atoms with Crippen molar-refractivity contribution in [2.45, 2.75) is 70.0 Å². The number of hydrogen-bond acceptors (Lipinski definition) is 5. The van der Waals surface area contributed by atoms with E-state index in [-0.39, 0.29) is 29.6 Å². The number of fused-ring (bicyclic) bond motifs is 1. The average Bonchev–Trinajstić information content (AvgIpc) is 3.15. The van der Waals surface area contributed by atoms with E-state index in [9.17, 15) is 9.90 Å². The van der Waals surface area contributed by atoms with Crippen LogP contribution in [0.5, 0.6) is 0 Å². The van der Waals surface area contributed by atoms with Gasteiger partial charge in [-0.3, -0.25) is 15.4 Å². The summed E-state index contributed by atoms with van der Waals surface area (Å²) in [5.41, 5.74) is -0.957. The lowest BCUT2D eigenvalue weighted by atomic mass is 9.76. The van der Waals surface area contributed by atoms with Crippen LogP contribution >= 0.6 is 0 Å². The Bertz CT molecular complexity index is 385. The molecule has 5 heteroatoms. The third-order valence-corrected chi connectivity index (χ3v) is 4.97. The van der Waals surface area contributed by atoms with Gasteiger partial charge in [0.05, 0.1) is 17.7 Å². The number of nitrogens with one attached hydrogen (secondary N) is 2. The standard InChI is InChI=1S/C14H24N2O3/c1-8(14-12(15-14)16-14)11(17)19-10-7-5-4-6-9(10)13(2,3)18/h8-10,12,15-16,18H,4-7H2,1-3H3. The first-order chi connectivity index (χ1) is 8.84. The van der Waals surface area contributed by atoms with Crippen molar-refractivity contribution in [2.24, 2.45) is 11.8 Å². The lowest BCUT2D eigenvalue weighted by Gasteiger charge is -2.39. The zero-order chi connectivity index (χ0) is 13.8. The molecule has 0 aromatic carbocycles. The van der Waals surface area contributed by atoms with Gasteiger partial charge in [0.15, 0.2) is 0 Å². The largest absolute Gasteiger partial charge is 0.462 e. The third kappa shape index (κ3) is 2.28. The van der Waals surface area contributed by atoms with Crippen molar-refractivity contribution in [1.82, 2.24) is 10.6 Å². The van der Waals surface area contributed by atoms with Crippen molar-refractivity contribution < 1.29 is 14.6 Å². The van der Waals surface area contributed by atoms with Crippen LogP contribution in [0.25, 0.3) is 0 Å². The molecule has 108 valence electrons. The summed E-state index contributed by atoms with van der Waals surface area (Å²) in [5.74, 6) is -0.270. The topological polar surface area (TPSA) is 90.4 Å². The van der Waals surface area contributed by atoms with Gasteiger partial charge in [0.25, 0.3) is 0 Å². The van der Waals surface area contributed by atoms with Crippen molar-refractivity contribution >= 4 is 5.97 Å². The molecule has 0 bridgehead atoms. The Morgan fingerprint density at radius 3 is 2.47 bits per heavy atom. The van der Waals surface area contributed by atoms with Crippen LogP contribution < -0.4 is 10.6 Å². The highest BCUT2D eigenvalue weighted by Gasteiger charge is 2.74. The van der Waals surface area contributed by atoms with Gasteiger partial charge in [0.2, 0.25) is 0 Å². The van der Waals surface area contributed by atoms with Crippen LogP contribution in [-0.4, -0.2) is 34.6 Å². The van der Waals surface area contributed by atoms with Gasteiger partial charge in [-0.25, -0.2) is 0 Å². The number of esters is 1. The zero-order valence-electron chi connectivity index (χ0n) is 11.9. The van der Waals surface area contributed by atoms with Gasteiger partial charge >= 0.3 is 5.97 Å². The lowest BCUT2D eigenvalue weighted by Crippen LogP contribution is -2.45. The van der Waals surface area contributed by atoms with Crippen molar-refractivity contribution in [3.63, 3.8) is 0 Å². The minimum absolute atomic E-state index is 0.0463. The number of hydrogen-bond donors (Lipinski definition) is 3. The smallest absolute Gasteiger partial charge is 0.312 e. The summed E-state index contributed by atoms with van der Waals surface area (Å²) in [4.78, 5) is 12.2. The van der Waals surface area contributed by atoms with Crippen molar-refractivity contribution in [3.8, 4) is 0 Å². The molecule has 1 aliphatic carbocycles. The first kappa shape index (κ1) is 13.3. The first-order valence-corrected chi connectivity index (χ1v) is 7.33. The Morgan fingerprint density at radius 2 is 1.95 bits per heavy atom. The normalized spacial score (nSPS) is 42.2. The van der Waals surface area contributed by atoms with E-state index in [1.165, 1.54) is 0 Å². The second-order valence-corrected chi connectivity index (χ2v) is 6.83. The highest BCUT2D eigenvalue weighted by molar-refractivity contribution is 5.76. The summed E-state index contributed by atoms with van der Waals surface area (Å²) in [6, 6.07) is 0. The molecule has 0 aromatic rings. The summed E-state index contributed by atoms with van der Waals surface area (Å²) in [6.45, 7) is 5.52. The van der Waals surface area contributed by atoms with Crippen LogP contribution in [0.1, 0.15) is 46.5 Å². The van der Waals surface area contributed by atoms with Gasteiger partial charge in [-0.05, 0) is 40.0 Å². The van der Waals surface area contributed by atoms with E-state index in [0.29, 0.717) is 6.17 Å². The van der Waals surface area contributed by atoms with E-state index in [1.54, 1.807) is 0 Å². The van der Waals surface area contributed by atoms with E-state index in [0.717, 1.165) is 25.7 Å². The summed E-state index contributed by atoms with van der Waals surface area (Å²) < 4.78 is 5.71. The molecule has 2 heterocycles. The molecule has 3 aliphatic rings.